The van der Waals surface area contributed by atoms with Crippen molar-refractivity contribution in [3.63, 3.8) is 0 Å². The summed E-state index contributed by atoms with van der Waals surface area (Å²) in [6.07, 6.45) is 0.656. The largest absolute Gasteiger partial charge is 0.464 e. The third kappa shape index (κ3) is 8.00. The van der Waals surface area contributed by atoms with Crippen LogP contribution in [-0.2, 0) is 22.6 Å². The van der Waals surface area contributed by atoms with E-state index in [4.69, 9.17) is 9.15 Å². The summed E-state index contributed by atoms with van der Waals surface area (Å²) in [7, 11) is 0. The number of carbonyl (C=O) groups is 2. The Hall–Kier alpha value is -4.02. The van der Waals surface area contributed by atoms with Crippen molar-refractivity contribution < 1.29 is 23.7 Å². The van der Waals surface area contributed by atoms with Crippen LogP contribution in [0, 0.1) is 24.0 Å². The Bertz CT molecular complexity index is 1300. The number of benzene rings is 2. The Morgan fingerprint density at radius 3 is 2.40 bits per heavy atom. The maximum absolute atomic E-state index is 13.8. The number of nitro groups is 1. The molecule has 1 fully saturated rings. The number of amides is 2. The summed E-state index contributed by atoms with van der Waals surface area (Å²) in [5.41, 5.74) is 1.50. The zero-order valence-electron chi connectivity index (χ0n) is 23.1. The minimum absolute atomic E-state index is 0.121. The lowest BCUT2D eigenvalue weighted by Crippen LogP contribution is -2.44. The van der Waals surface area contributed by atoms with E-state index in [1.165, 1.54) is 11.0 Å². The number of ether oxygens (including phenoxy) is 1. The number of hydrogen-bond donors (Lipinski definition) is 0. The predicted molar refractivity (Wildman–Crippen MR) is 150 cm³/mol. The van der Waals surface area contributed by atoms with Gasteiger partial charge in [0.15, 0.2) is 0 Å². The van der Waals surface area contributed by atoms with E-state index in [1.54, 1.807) is 24.0 Å². The number of hydrogen-bond acceptors (Lipinski definition) is 7. The molecule has 1 aliphatic rings. The molecule has 0 spiro atoms. The standard InChI is InChI=1S/C30H36N4O6/c1-23-9-11-26(19-28(23)34(37)38)30(36)32(14-6-13-31-15-17-39-18-16-31)22-29(35)33(20-25-7-4-3-5-8-25)21-27-12-10-24(2)40-27/h3-5,7-12,19H,6,13-18,20-22H2,1-2H3. The topological polar surface area (TPSA) is 109 Å². The fraction of sp³-hybridized carbons (Fsp3) is 0.400. The Morgan fingerprint density at radius 1 is 0.975 bits per heavy atom. The van der Waals surface area contributed by atoms with E-state index in [-0.39, 0.29) is 30.2 Å². The van der Waals surface area contributed by atoms with Crippen LogP contribution in [0.15, 0.2) is 65.1 Å². The molecule has 0 saturated carbocycles. The maximum atomic E-state index is 13.8. The number of nitro benzene ring substituents is 1. The summed E-state index contributed by atoms with van der Waals surface area (Å²) >= 11 is 0. The monoisotopic (exact) mass is 548 g/mol. The van der Waals surface area contributed by atoms with E-state index >= 15 is 0 Å². The van der Waals surface area contributed by atoms with Crippen molar-refractivity contribution in [3.05, 3.63) is 99.0 Å². The van der Waals surface area contributed by atoms with Gasteiger partial charge in [-0.3, -0.25) is 24.6 Å². The molecule has 1 aliphatic heterocycles. The highest BCUT2D eigenvalue weighted by molar-refractivity contribution is 5.97. The second kappa shape index (κ2) is 13.9. The number of carbonyl (C=O) groups excluding carboxylic acids is 2. The Balaban J connectivity index is 1.54. The SMILES string of the molecule is Cc1ccc(CN(Cc2ccccc2)C(=O)CN(CCCN2CCOCC2)C(=O)c2ccc(C)c([N+](=O)[O-])c2)o1. The summed E-state index contributed by atoms with van der Waals surface area (Å²) in [5.74, 6) is 0.760. The third-order valence-corrected chi connectivity index (χ3v) is 6.98. The molecule has 0 unspecified atom stereocenters. The van der Waals surface area contributed by atoms with Crippen molar-refractivity contribution in [1.82, 2.24) is 14.7 Å². The Kier molecular flexibility index (Phi) is 10.0. The van der Waals surface area contributed by atoms with Crippen LogP contribution in [0.1, 0.15) is 39.4 Å². The van der Waals surface area contributed by atoms with Crippen LogP contribution in [0.4, 0.5) is 5.69 Å². The van der Waals surface area contributed by atoms with E-state index in [0.717, 1.165) is 31.0 Å². The van der Waals surface area contributed by atoms with Crippen molar-refractivity contribution in [2.24, 2.45) is 0 Å². The molecule has 0 aliphatic carbocycles. The van der Waals surface area contributed by atoms with Gasteiger partial charge in [0.1, 0.15) is 18.1 Å². The number of rotatable bonds is 12. The molecule has 212 valence electrons. The van der Waals surface area contributed by atoms with Gasteiger partial charge in [0, 0.05) is 49.9 Å². The third-order valence-electron chi connectivity index (χ3n) is 6.98. The van der Waals surface area contributed by atoms with Gasteiger partial charge in [0.25, 0.3) is 11.6 Å². The Morgan fingerprint density at radius 2 is 1.73 bits per heavy atom. The minimum atomic E-state index is -0.493. The molecule has 4 rings (SSSR count). The van der Waals surface area contributed by atoms with Gasteiger partial charge in [0.2, 0.25) is 5.91 Å². The van der Waals surface area contributed by atoms with Gasteiger partial charge in [0.05, 0.1) is 24.7 Å². The van der Waals surface area contributed by atoms with Crippen molar-refractivity contribution in [2.45, 2.75) is 33.4 Å². The van der Waals surface area contributed by atoms with Gasteiger partial charge >= 0.3 is 0 Å². The number of morpholine rings is 1. The van der Waals surface area contributed by atoms with Crippen molar-refractivity contribution in [1.29, 1.82) is 0 Å². The first-order valence-electron chi connectivity index (χ1n) is 13.5. The first kappa shape index (κ1) is 29.0. The molecular formula is C30H36N4O6. The highest BCUT2D eigenvalue weighted by Crippen LogP contribution is 2.21. The predicted octanol–water partition coefficient (Wildman–Crippen LogP) is 4.20. The minimum Gasteiger partial charge on any atom is -0.464 e. The van der Waals surface area contributed by atoms with Gasteiger partial charge in [-0.15, -0.1) is 0 Å². The summed E-state index contributed by atoms with van der Waals surface area (Å²) in [6, 6.07) is 17.8. The molecule has 10 nitrogen and oxygen atoms in total. The van der Waals surface area contributed by atoms with Crippen molar-refractivity contribution in [2.75, 3.05) is 45.9 Å². The number of furan rings is 1. The van der Waals surface area contributed by atoms with Gasteiger partial charge < -0.3 is 19.0 Å². The molecule has 40 heavy (non-hydrogen) atoms. The summed E-state index contributed by atoms with van der Waals surface area (Å²) in [6.45, 7) is 8.03. The van der Waals surface area contributed by atoms with Crippen LogP contribution in [0.2, 0.25) is 0 Å². The fourth-order valence-electron chi connectivity index (χ4n) is 4.74. The molecule has 0 radical (unpaired) electrons. The average Bonchev–Trinajstić information content (AvgIpc) is 3.37. The first-order chi connectivity index (χ1) is 19.3. The molecule has 2 heterocycles. The van der Waals surface area contributed by atoms with Crippen molar-refractivity contribution >= 4 is 17.5 Å². The van der Waals surface area contributed by atoms with Gasteiger partial charge in [-0.2, -0.15) is 0 Å². The van der Waals surface area contributed by atoms with E-state index in [0.29, 0.717) is 44.0 Å². The smallest absolute Gasteiger partial charge is 0.273 e. The molecule has 2 amide bonds. The molecule has 0 bridgehead atoms. The molecule has 2 aromatic carbocycles. The zero-order chi connectivity index (χ0) is 28.5. The molecule has 1 aromatic heterocycles. The molecule has 3 aromatic rings. The average molecular weight is 549 g/mol. The maximum Gasteiger partial charge on any atom is 0.273 e. The van der Waals surface area contributed by atoms with Crippen molar-refractivity contribution in [3.8, 4) is 0 Å². The number of aryl methyl sites for hydroxylation is 2. The normalized spacial score (nSPS) is 13.7. The lowest BCUT2D eigenvalue weighted by atomic mass is 10.1. The molecule has 10 heteroatoms. The first-order valence-corrected chi connectivity index (χ1v) is 13.5. The van der Waals surface area contributed by atoms with E-state index in [9.17, 15) is 19.7 Å². The van der Waals surface area contributed by atoms with E-state index in [2.05, 4.69) is 4.90 Å². The van der Waals surface area contributed by atoms with Gasteiger partial charge in [-0.1, -0.05) is 36.4 Å². The van der Waals surface area contributed by atoms with Crippen LogP contribution < -0.4 is 0 Å². The summed E-state index contributed by atoms with van der Waals surface area (Å²) < 4.78 is 11.2. The van der Waals surface area contributed by atoms with Gasteiger partial charge in [-0.05, 0) is 44.0 Å². The van der Waals surface area contributed by atoms with Crippen LogP contribution >= 0.6 is 0 Å². The second-order valence-corrected chi connectivity index (χ2v) is 10.0. The molecular weight excluding hydrogens is 512 g/mol. The fourth-order valence-corrected chi connectivity index (χ4v) is 4.74. The van der Waals surface area contributed by atoms with E-state index < -0.39 is 10.8 Å². The summed E-state index contributed by atoms with van der Waals surface area (Å²) in [5, 5.41) is 11.5. The quantitative estimate of drug-likeness (QED) is 0.247. The summed E-state index contributed by atoms with van der Waals surface area (Å²) in [4.78, 5) is 43.9. The highest BCUT2D eigenvalue weighted by atomic mass is 16.6. The van der Waals surface area contributed by atoms with E-state index in [1.807, 2.05) is 49.4 Å². The lowest BCUT2D eigenvalue weighted by Gasteiger charge is -2.30. The highest BCUT2D eigenvalue weighted by Gasteiger charge is 2.25. The molecule has 0 atom stereocenters. The zero-order valence-corrected chi connectivity index (χ0v) is 23.1. The van der Waals surface area contributed by atoms with Crippen LogP contribution in [-0.4, -0.2) is 77.4 Å². The molecule has 1 saturated heterocycles. The van der Waals surface area contributed by atoms with Crippen LogP contribution in [0.3, 0.4) is 0 Å². The van der Waals surface area contributed by atoms with Crippen LogP contribution in [0.25, 0.3) is 0 Å². The molecule has 0 N–H and O–H groups in total. The lowest BCUT2D eigenvalue weighted by molar-refractivity contribution is -0.385. The van der Waals surface area contributed by atoms with Crippen LogP contribution in [0.5, 0.6) is 0 Å². The number of nitrogens with zero attached hydrogens (tertiary/aromatic N) is 4. The second-order valence-electron chi connectivity index (χ2n) is 10.0. The van der Waals surface area contributed by atoms with Gasteiger partial charge in [-0.25, -0.2) is 0 Å². The Labute approximate surface area is 234 Å².